The van der Waals surface area contributed by atoms with E-state index in [1.54, 1.807) is 31.4 Å². The minimum Gasteiger partial charge on any atom is -0.497 e. The van der Waals surface area contributed by atoms with Crippen LogP contribution >= 0.6 is 11.6 Å². The smallest absolute Gasteiger partial charge is 0.253 e. The Kier molecular flexibility index (Phi) is 6.83. The summed E-state index contributed by atoms with van der Waals surface area (Å²) in [6.45, 7) is 1.87. The molecule has 0 heterocycles. The molecule has 132 valence electrons. The predicted octanol–water partition coefficient (Wildman–Crippen LogP) is 3.35. The lowest BCUT2D eigenvalue weighted by molar-refractivity contribution is -0.120. The van der Waals surface area contributed by atoms with Crippen LogP contribution in [0.5, 0.6) is 5.75 Å². The first-order valence-electron chi connectivity index (χ1n) is 8.01. The number of halogens is 1. The predicted molar refractivity (Wildman–Crippen MR) is 98.0 cm³/mol. The van der Waals surface area contributed by atoms with E-state index in [1.165, 1.54) is 0 Å². The molecule has 0 bridgehead atoms. The summed E-state index contributed by atoms with van der Waals surface area (Å²) in [5.41, 5.74) is 1.33. The van der Waals surface area contributed by atoms with E-state index in [0.717, 1.165) is 17.7 Å². The molecule has 2 aromatic rings. The van der Waals surface area contributed by atoms with Gasteiger partial charge in [0.05, 0.1) is 30.3 Å². The molecule has 0 saturated carbocycles. The van der Waals surface area contributed by atoms with Crippen LogP contribution in [0.25, 0.3) is 0 Å². The van der Waals surface area contributed by atoms with E-state index in [9.17, 15) is 9.59 Å². The second kappa shape index (κ2) is 9.08. The molecule has 2 rings (SSSR count). The molecular formula is C19H21ClN2O3. The summed E-state index contributed by atoms with van der Waals surface area (Å²) < 4.78 is 5.13. The van der Waals surface area contributed by atoms with E-state index in [1.807, 2.05) is 31.2 Å². The molecule has 0 spiro atoms. The highest BCUT2D eigenvalue weighted by atomic mass is 35.5. The Balaban J connectivity index is 1.91. The molecule has 0 aliphatic carbocycles. The zero-order chi connectivity index (χ0) is 18.2. The van der Waals surface area contributed by atoms with Gasteiger partial charge in [0.15, 0.2) is 0 Å². The summed E-state index contributed by atoms with van der Waals surface area (Å²) >= 11 is 5.97. The van der Waals surface area contributed by atoms with Crippen molar-refractivity contribution < 1.29 is 14.3 Å². The van der Waals surface area contributed by atoms with Gasteiger partial charge in [-0.1, -0.05) is 42.8 Å². The zero-order valence-electron chi connectivity index (χ0n) is 14.2. The van der Waals surface area contributed by atoms with Gasteiger partial charge in [-0.3, -0.25) is 9.59 Å². The van der Waals surface area contributed by atoms with Gasteiger partial charge in [-0.05, 0) is 36.2 Å². The lowest BCUT2D eigenvalue weighted by atomic mass is 10.0. The van der Waals surface area contributed by atoms with E-state index in [4.69, 9.17) is 16.3 Å². The summed E-state index contributed by atoms with van der Waals surface area (Å²) in [6.07, 6.45) is 0.733. The fourth-order valence-electron chi connectivity index (χ4n) is 2.40. The van der Waals surface area contributed by atoms with Crippen molar-refractivity contribution in [1.29, 1.82) is 0 Å². The van der Waals surface area contributed by atoms with Crippen molar-refractivity contribution >= 4 is 23.4 Å². The van der Waals surface area contributed by atoms with Gasteiger partial charge in [0.2, 0.25) is 5.91 Å². The fraction of sp³-hybridized carbons (Fsp3) is 0.263. The molecule has 5 nitrogen and oxygen atoms in total. The monoisotopic (exact) mass is 360 g/mol. The zero-order valence-corrected chi connectivity index (χ0v) is 15.0. The number of carbonyl (C=O) groups is 2. The van der Waals surface area contributed by atoms with Crippen LogP contribution in [-0.2, 0) is 4.79 Å². The van der Waals surface area contributed by atoms with Crippen molar-refractivity contribution in [2.45, 2.75) is 19.4 Å². The van der Waals surface area contributed by atoms with E-state index >= 15 is 0 Å². The van der Waals surface area contributed by atoms with Gasteiger partial charge in [-0.15, -0.1) is 0 Å². The molecular weight excluding hydrogens is 340 g/mol. The largest absolute Gasteiger partial charge is 0.497 e. The summed E-state index contributed by atoms with van der Waals surface area (Å²) in [6, 6.07) is 14.1. The van der Waals surface area contributed by atoms with Gasteiger partial charge in [-0.25, -0.2) is 0 Å². The van der Waals surface area contributed by atoms with Gasteiger partial charge in [0.25, 0.3) is 5.91 Å². The van der Waals surface area contributed by atoms with Crippen LogP contribution in [0.3, 0.4) is 0 Å². The molecule has 0 aliphatic rings. The van der Waals surface area contributed by atoms with Gasteiger partial charge < -0.3 is 15.4 Å². The first kappa shape index (κ1) is 18.8. The molecule has 2 amide bonds. The Morgan fingerprint density at radius 3 is 2.40 bits per heavy atom. The molecule has 0 fully saturated rings. The molecule has 2 aromatic carbocycles. The molecule has 0 aliphatic heterocycles. The molecule has 2 N–H and O–H groups in total. The maximum atomic E-state index is 12.1. The number of benzene rings is 2. The SMILES string of the molecule is CCC(NC(=O)CNC(=O)c1ccccc1Cl)c1ccc(OC)cc1. The van der Waals surface area contributed by atoms with E-state index in [0.29, 0.717) is 10.6 Å². The Hall–Kier alpha value is -2.53. The van der Waals surface area contributed by atoms with Crippen LogP contribution in [0, 0.1) is 0 Å². The minimum atomic E-state index is -0.377. The van der Waals surface area contributed by atoms with Crippen molar-refractivity contribution in [3.05, 3.63) is 64.7 Å². The number of methoxy groups -OCH3 is 1. The third-order valence-electron chi connectivity index (χ3n) is 3.79. The van der Waals surface area contributed by atoms with Crippen molar-refractivity contribution in [3.63, 3.8) is 0 Å². The molecule has 1 atom stereocenters. The second-order valence-electron chi connectivity index (χ2n) is 5.46. The average molecular weight is 361 g/mol. The molecule has 0 aromatic heterocycles. The third-order valence-corrected chi connectivity index (χ3v) is 4.12. The lowest BCUT2D eigenvalue weighted by Crippen LogP contribution is -2.38. The number of hydrogen-bond acceptors (Lipinski definition) is 3. The van der Waals surface area contributed by atoms with E-state index < -0.39 is 0 Å². The van der Waals surface area contributed by atoms with Crippen LogP contribution in [0.1, 0.15) is 35.3 Å². The van der Waals surface area contributed by atoms with Crippen molar-refractivity contribution in [2.75, 3.05) is 13.7 Å². The number of hydrogen-bond donors (Lipinski definition) is 2. The molecule has 0 saturated heterocycles. The molecule has 0 radical (unpaired) electrons. The summed E-state index contributed by atoms with van der Waals surface area (Å²) in [5, 5.41) is 5.85. The Morgan fingerprint density at radius 2 is 1.80 bits per heavy atom. The van der Waals surface area contributed by atoms with Crippen LogP contribution in [0.2, 0.25) is 5.02 Å². The highest BCUT2D eigenvalue weighted by molar-refractivity contribution is 6.33. The quantitative estimate of drug-likeness (QED) is 0.795. The van der Waals surface area contributed by atoms with Crippen LogP contribution < -0.4 is 15.4 Å². The maximum Gasteiger partial charge on any atom is 0.253 e. The van der Waals surface area contributed by atoms with Crippen molar-refractivity contribution in [1.82, 2.24) is 10.6 Å². The number of carbonyl (C=O) groups excluding carboxylic acids is 2. The van der Waals surface area contributed by atoms with Gasteiger partial charge >= 0.3 is 0 Å². The van der Waals surface area contributed by atoms with Crippen molar-refractivity contribution in [2.24, 2.45) is 0 Å². The van der Waals surface area contributed by atoms with Crippen molar-refractivity contribution in [3.8, 4) is 5.75 Å². The first-order valence-corrected chi connectivity index (χ1v) is 8.39. The van der Waals surface area contributed by atoms with Gasteiger partial charge in [0, 0.05) is 0 Å². The topological polar surface area (TPSA) is 67.4 Å². The first-order chi connectivity index (χ1) is 12.0. The summed E-state index contributed by atoms with van der Waals surface area (Å²) in [5.74, 6) is 0.123. The van der Waals surface area contributed by atoms with E-state index in [2.05, 4.69) is 10.6 Å². The second-order valence-corrected chi connectivity index (χ2v) is 5.87. The number of rotatable bonds is 7. The summed E-state index contributed by atoms with van der Waals surface area (Å²) in [4.78, 5) is 24.2. The maximum absolute atomic E-state index is 12.1. The Morgan fingerprint density at radius 1 is 1.12 bits per heavy atom. The highest BCUT2D eigenvalue weighted by Crippen LogP contribution is 2.20. The Bertz CT molecular complexity index is 732. The van der Waals surface area contributed by atoms with Gasteiger partial charge in [-0.2, -0.15) is 0 Å². The Labute approximate surface area is 152 Å². The molecule has 25 heavy (non-hydrogen) atoms. The van der Waals surface area contributed by atoms with Crippen LogP contribution in [0.15, 0.2) is 48.5 Å². The number of ether oxygens (including phenoxy) is 1. The van der Waals surface area contributed by atoms with Crippen LogP contribution in [0.4, 0.5) is 0 Å². The summed E-state index contributed by atoms with van der Waals surface area (Å²) in [7, 11) is 1.61. The van der Waals surface area contributed by atoms with Crippen LogP contribution in [-0.4, -0.2) is 25.5 Å². The number of nitrogens with one attached hydrogen (secondary N) is 2. The standard InChI is InChI=1S/C19H21ClN2O3/c1-3-17(13-8-10-14(25-2)11-9-13)22-18(23)12-21-19(24)15-6-4-5-7-16(15)20/h4-11,17H,3,12H2,1-2H3,(H,21,24)(H,22,23). The lowest BCUT2D eigenvalue weighted by Gasteiger charge is -2.18. The average Bonchev–Trinajstić information content (AvgIpc) is 2.64. The molecule has 1 unspecified atom stereocenters. The normalized spacial score (nSPS) is 11.5. The minimum absolute atomic E-state index is 0.114. The third kappa shape index (κ3) is 5.22. The number of amides is 2. The molecule has 6 heteroatoms. The fourth-order valence-corrected chi connectivity index (χ4v) is 2.63. The highest BCUT2D eigenvalue weighted by Gasteiger charge is 2.15. The van der Waals surface area contributed by atoms with E-state index in [-0.39, 0.29) is 24.4 Å². The van der Waals surface area contributed by atoms with Gasteiger partial charge in [0.1, 0.15) is 5.75 Å².